The molecule has 0 aromatic rings. The monoisotopic (exact) mass is 977 g/mol. The molecule has 7 heteroatoms. The van der Waals surface area contributed by atoms with E-state index in [0.29, 0.717) is 11.5 Å². The predicted molar refractivity (Wildman–Crippen MR) is 270 cm³/mol. The van der Waals surface area contributed by atoms with Crippen LogP contribution in [0.1, 0.15) is 284 Å². The van der Waals surface area contributed by atoms with Gasteiger partial charge in [-0.15, -0.1) is 0 Å². The van der Waals surface area contributed by atoms with Gasteiger partial charge in [0.05, 0.1) is 0 Å². The van der Waals surface area contributed by atoms with Crippen molar-refractivity contribution in [1.29, 1.82) is 0 Å². The molecule has 352 valence electrons. The summed E-state index contributed by atoms with van der Waals surface area (Å²) in [4.78, 5) is 29.9. The molecule has 2 atom stereocenters. The number of carbonyl (C=O) groups is 2. The maximum absolute atomic E-state index is 13.1. The fourth-order valence-corrected chi connectivity index (χ4v) is 13.0. The van der Waals surface area contributed by atoms with E-state index in [2.05, 4.69) is 39.1 Å². The normalized spacial score (nSPS) is 12.8. The second-order valence-corrected chi connectivity index (χ2v) is 28.9. The Morgan fingerprint density at radius 2 is 0.508 bits per heavy atom. The Morgan fingerprint density at radius 3 is 0.678 bits per heavy atom. The third-order valence-corrected chi connectivity index (χ3v) is 17.4. The smallest absolute Gasteiger partial charge is 0.0654 e. The van der Waals surface area contributed by atoms with Gasteiger partial charge in [-0.2, -0.15) is 0 Å². The SMILES string of the molecule is CCCCCCCCCCCCCCCCCCCCCCC(CS)C(=O)[O][Sn]([CH3])([CH3])[O]C(=O)C(CS)CCCCCCCCCCCCCCCCCCCCCC. The van der Waals surface area contributed by atoms with Crippen molar-refractivity contribution in [3.05, 3.63) is 0 Å². The van der Waals surface area contributed by atoms with Crippen LogP contribution >= 0.6 is 25.3 Å². The molecule has 2 unspecified atom stereocenters. The molecule has 0 rings (SSSR count). The Hall–Kier alpha value is 0.439. The van der Waals surface area contributed by atoms with Gasteiger partial charge >= 0.3 is 221 Å². The number of hydrogen-bond acceptors (Lipinski definition) is 6. The zero-order chi connectivity index (χ0) is 43.3. The molecule has 0 heterocycles. The van der Waals surface area contributed by atoms with Crippen LogP contribution < -0.4 is 0 Å². The molecule has 0 aliphatic rings. The van der Waals surface area contributed by atoms with Gasteiger partial charge in [0.15, 0.2) is 0 Å². The van der Waals surface area contributed by atoms with Crippen LogP contribution in [0.4, 0.5) is 0 Å². The van der Waals surface area contributed by atoms with Gasteiger partial charge in [0, 0.05) is 0 Å². The summed E-state index contributed by atoms with van der Waals surface area (Å²) in [6, 6.07) is 0. The Kier molecular flexibility index (Phi) is 46.8. The summed E-state index contributed by atoms with van der Waals surface area (Å²) in [6.07, 6.45) is 56.2. The zero-order valence-electron chi connectivity index (χ0n) is 40.3. The summed E-state index contributed by atoms with van der Waals surface area (Å²) in [6.45, 7) is 4.58. The van der Waals surface area contributed by atoms with Crippen molar-refractivity contribution in [3.8, 4) is 0 Å². The van der Waals surface area contributed by atoms with Gasteiger partial charge in [0.2, 0.25) is 0 Å². The average Bonchev–Trinajstić information content (AvgIpc) is 3.21. The first kappa shape index (κ1) is 59.4. The van der Waals surface area contributed by atoms with Crippen molar-refractivity contribution in [3.63, 3.8) is 0 Å². The topological polar surface area (TPSA) is 52.6 Å². The molecule has 0 aliphatic carbocycles. The average molecular weight is 976 g/mol. The van der Waals surface area contributed by atoms with E-state index in [1.54, 1.807) is 0 Å². The molecule has 0 aromatic heterocycles. The standard InChI is InChI=1S/2C25H50O2S.2CH3.Sn/c2*1-2-3-4-5-6-7-8-9-10-11-12-13-14-15-16-17-18-19-20-21-22-24(23-28)25(26)27;;;/h2*24,28H,2-23H2,1H3,(H,26,27);2*1H3;/q;;;;+2/p-2. The van der Waals surface area contributed by atoms with E-state index in [4.69, 9.17) is 6.15 Å². The number of unbranched alkanes of at least 4 members (excludes halogenated alkanes) is 38. The second kappa shape index (κ2) is 46.4. The Balaban J connectivity index is 3.82. The molecule has 0 N–H and O–H groups in total. The van der Waals surface area contributed by atoms with E-state index >= 15 is 0 Å². The fourth-order valence-electron chi connectivity index (χ4n) is 8.53. The van der Waals surface area contributed by atoms with Crippen molar-refractivity contribution in [2.75, 3.05) is 11.5 Å². The van der Waals surface area contributed by atoms with Crippen LogP contribution in [0.5, 0.6) is 0 Å². The molecule has 0 fully saturated rings. The molecule has 0 spiro atoms. The Labute approximate surface area is 386 Å². The quantitative estimate of drug-likeness (QED) is 0.0362. The third kappa shape index (κ3) is 42.2. The van der Waals surface area contributed by atoms with Crippen molar-refractivity contribution in [2.24, 2.45) is 11.8 Å². The van der Waals surface area contributed by atoms with Crippen LogP contribution in [0.25, 0.3) is 0 Å². The summed E-state index contributed by atoms with van der Waals surface area (Å²) in [5.74, 6) is 0.0714. The first-order chi connectivity index (χ1) is 28.8. The van der Waals surface area contributed by atoms with Gasteiger partial charge in [-0.1, -0.05) is 168 Å². The molecule has 0 aromatic carbocycles. The van der Waals surface area contributed by atoms with E-state index in [1.165, 1.54) is 231 Å². The summed E-state index contributed by atoms with van der Waals surface area (Å²) in [7, 11) is 0. The number of rotatable bonds is 48. The van der Waals surface area contributed by atoms with Crippen molar-refractivity contribution >= 4 is 56.4 Å². The predicted octanol–water partition coefficient (Wildman–Crippen LogP) is 18.3. The minimum atomic E-state index is -3.79. The number of hydrogen-bond donors (Lipinski definition) is 2. The van der Waals surface area contributed by atoms with Crippen molar-refractivity contribution in [2.45, 2.75) is 293 Å². The summed E-state index contributed by atoms with van der Waals surface area (Å²) in [5, 5.41) is 0. The fraction of sp³-hybridized carbons (Fsp3) is 0.962. The maximum atomic E-state index is 13.1. The van der Waals surface area contributed by atoms with Crippen LogP contribution in [0.15, 0.2) is 0 Å². The molecule has 0 saturated heterocycles. The van der Waals surface area contributed by atoms with Crippen molar-refractivity contribution < 1.29 is 15.7 Å². The molecule has 59 heavy (non-hydrogen) atoms. The van der Waals surface area contributed by atoms with Gasteiger partial charge in [0.25, 0.3) is 0 Å². The van der Waals surface area contributed by atoms with Gasteiger partial charge in [-0.25, -0.2) is 0 Å². The van der Waals surface area contributed by atoms with E-state index in [0.717, 1.165) is 38.5 Å². The van der Waals surface area contributed by atoms with Crippen LogP contribution in [0.2, 0.25) is 9.88 Å². The molecule has 0 radical (unpaired) electrons. The molecule has 0 amide bonds. The third-order valence-electron chi connectivity index (χ3n) is 12.6. The second-order valence-electron chi connectivity index (χ2n) is 19.0. The number of carbonyl (C=O) groups excluding carboxylic acids is 2. The first-order valence-corrected chi connectivity index (χ1v) is 35.8. The van der Waals surface area contributed by atoms with E-state index in [9.17, 15) is 9.59 Å². The Morgan fingerprint density at radius 1 is 0.339 bits per heavy atom. The summed E-state index contributed by atoms with van der Waals surface area (Å²) in [5.41, 5.74) is 0. The van der Waals surface area contributed by atoms with Gasteiger partial charge in [0.1, 0.15) is 0 Å². The van der Waals surface area contributed by atoms with E-state index < -0.39 is 19.2 Å². The van der Waals surface area contributed by atoms with Crippen LogP contribution in [-0.4, -0.2) is 42.6 Å². The molecule has 0 bridgehead atoms. The minimum absolute atomic E-state index is 0.220. The molecule has 4 nitrogen and oxygen atoms in total. The van der Waals surface area contributed by atoms with Crippen LogP contribution in [0, 0.1) is 11.8 Å². The molecular weight excluding hydrogens is 871 g/mol. The van der Waals surface area contributed by atoms with Gasteiger partial charge < -0.3 is 0 Å². The molecule has 0 aliphatic heterocycles. The van der Waals surface area contributed by atoms with E-state index in [-0.39, 0.29) is 23.8 Å². The van der Waals surface area contributed by atoms with Crippen LogP contribution in [-0.2, 0) is 15.7 Å². The van der Waals surface area contributed by atoms with Gasteiger partial charge in [-0.3, -0.25) is 0 Å². The summed E-state index contributed by atoms with van der Waals surface area (Å²) >= 11 is 5.18. The summed E-state index contributed by atoms with van der Waals surface area (Å²) < 4.78 is 11.9. The minimum Gasteiger partial charge on any atom is -0.0654 e. The molecule has 0 saturated carbocycles. The van der Waals surface area contributed by atoms with Crippen LogP contribution in [0.3, 0.4) is 0 Å². The first-order valence-electron chi connectivity index (χ1n) is 26.5. The molecular formula is C52H104O4S2Sn. The Bertz CT molecular complexity index is 819. The zero-order valence-corrected chi connectivity index (χ0v) is 44.9. The number of thiol groups is 2. The van der Waals surface area contributed by atoms with Gasteiger partial charge in [-0.05, 0) is 0 Å². The van der Waals surface area contributed by atoms with Crippen molar-refractivity contribution in [1.82, 2.24) is 0 Å². The van der Waals surface area contributed by atoms with E-state index in [1.807, 2.05) is 9.88 Å².